The van der Waals surface area contributed by atoms with Crippen molar-refractivity contribution >= 4 is 71.2 Å². The second-order valence-corrected chi connectivity index (χ2v) is 13.0. The largest absolute Gasteiger partial charge is 0.309 e. The van der Waals surface area contributed by atoms with E-state index in [-0.39, 0.29) is 0 Å². The van der Waals surface area contributed by atoms with Gasteiger partial charge in [0.15, 0.2) is 0 Å². The van der Waals surface area contributed by atoms with Crippen LogP contribution < -0.4 is 4.90 Å². The lowest BCUT2D eigenvalue weighted by atomic mass is 9.97. The number of benzene rings is 9. The molecule has 0 saturated carbocycles. The number of hydrogen-bond acceptors (Lipinski definition) is 1. The van der Waals surface area contributed by atoms with Gasteiger partial charge in [-0.25, -0.2) is 0 Å². The van der Waals surface area contributed by atoms with Gasteiger partial charge in [-0.15, -0.1) is 0 Å². The van der Waals surface area contributed by atoms with E-state index in [0.717, 1.165) is 22.7 Å². The number of rotatable bonds is 5. The maximum atomic E-state index is 2.44. The lowest BCUT2D eigenvalue weighted by Crippen LogP contribution is -2.11. The molecule has 0 aliphatic heterocycles. The van der Waals surface area contributed by atoms with Crippen molar-refractivity contribution in [1.82, 2.24) is 4.57 Å². The first-order valence-corrected chi connectivity index (χ1v) is 17.2. The van der Waals surface area contributed by atoms with E-state index < -0.39 is 0 Å². The summed E-state index contributed by atoms with van der Waals surface area (Å²) in [6, 6.07) is 70.5. The molecule has 0 saturated heterocycles. The van der Waals surface area contributed by atoms with E-state index in [1.165, 1.54) is 65.3 Å². The highest BCUT2D eigenvalue weighted by atomic mass is 15.1. The molecule has 0 unspecified atom stereocenters. The minimum Gasteiger partial charge on any atom is -0.309 e. The van der Waals surface area contributed by atoms with Crippen LogP contribution in [0, 0.1) is 0 Å². The molecule has 0 bridgehead atoms. The summed E-state index contributed by atoms with van der Waals surface area (Å²) in [5, 5.41) is 9.87. The van der Waals surface area contributed by atoms with Crippen molar-refractivity contribution in [2.45, 2.75) is 0 Å². The molecule has 0 fully saturated rings. The Kier molecular flexibility index (Phi) is 6.53. The molecule has 10 aromatic rings. The molecule has 50 heavy (non-hydrogen) atoms. The summed E-state index contributed by atoms with van der Waals surface area (Å²) in [5.74, 6) is 0. The van der Waals surface area contributed by atoms with Crippen LogP contribution in [-0.2, 0) is 0 Å². The van der Waals surface area contributed by atoms with Crippen LogP contribution in [0.25, 0.3) is 70.9 Å². The van der Waals surface area contributed by atoms with Gasteiger partial charge in [0.1, 0.15) is 0 Å². The molecule has 0 amide bonds. The average molecular weight is 637 g/mol. The summed E-state index contributed by atoms with van der Waals surface area (Å²) in [6.45, 7) is 0. The highest BCUT2D eigenvalue weighted by Crippen LogP contribution is 2.45. The van der Waals surface area contributed by atoms with Gasteiger partial charge in [-0.2, -0.15) is 0 Å². The number of fused-ring (bicyclic) bond motifs is 6. The molecule has 2 nitrogen and oxygen atoms in total. The van der Waals surface area contributed by atoms with Gasteiger partial charge in [-0.05, 0) is 87.3 Å². The van der Waals surface area contributed by atoms with Gasteiger partial charge < -0.3 is 9.47 Å². The van der Waals surface area contributed by atoms with Crippen LogP contribution >= 0.6 is 0 Å². The van der Waals surface area contributed by atoms with Crippen LogP contribution in [0.4, 0.5) is 17.1 Å². The Morgan fingerprint density at radius 2 is 0.920 bits per heavy atom. The molecule has 2 heteroatoms. The van der Waals surface area contributed by atoms with Crippen molar-refractivity contribution in [3.05, 3.63) is 194 Å². The number of para-hydroxylation sites is 1. The fourth-order valence-corrected chi connectivity index (χ4v) is 7.88. The Balaban J connectivity index is 1.25. The highest BCUT2D eigenvalue weighted by Gasteiger charge is 2.20. The van der Waals surface area contributed by atoms with Gasteiger partial charge in [0, 0.05) is 32.9 Å². The first kappa shape index (κ1) is 28.4. The van der Waals surface area contributed by atoms with Gasteiger partial charge in [0.05, 0.1) is 22.4 Å². The molecule has 0 aliphatic carbocycles. The number of anilines is 3. The van der Waals surface area contributed by atoms with Gasteiger partial charge in [-0.1, -0.05) is 140 Å². The molecule has 1 heterocycles. The minimum atomic E-state index is 1.12. The third-order valence-electron chi connectivity index (χ3n) is 10.1. The summed E-state index contributed by atoms with van der Waals surface area (Å²) >= 11 is 0. The first-order chi connectivity index (χ1) is 24.8. The molecule has 234 valence electrons. The second kappa shape index (κ2) is 11.5. The van der Waals surface area contributed by atoms with Crippen molar-refractivity contribution in [3.63, 3.8) is 0 Å². The molecule has 9 aromatic carbocycles. The van der Waals surface area contributed by atoms with Gasteiger partial charge in [0.2, 0.25) is 0 Å². The van der Waals surface area contributed by atoms with Crippen molar-refractivity contribution < 1.29 is 0 Å². The predicted molar refractivity (Wildman–Crippen MR) is 213 cm³/mol. The van der Waals surface area contributed by atoms with Crippen molar-refractivity contribution in [1.29, 1.82) is 0 Å². The smallest absolute Gasteiger partial charge is 0.0547 e. The quantitative estimate of drug-likeness (QED) is 0.182. The Morgan fingerprint density at radius 1 is 0.360 bits per heavy atom. The Hall–Kier alpha value is -6.64. The summed E-state index contributed by atoms with van der Waals surface area (Å²) in [7, 11) is 0. The van der Waals surface area contributed by atoms with E-state index in [0.29, 0.717) is 0 Å². The van der Waals surface area contributed by atoms with E-state index in [1.807, 2.05) is 0 Å². The molecular weight excluding hydrogens is 605 g/mol. The summed E-state index contributed by atoms with van der Waals surface area (Å²) in [4.78, 5) is 2.44. The minimum absolute atomic E-state index is 1.12. The van der Waals surface area contributed by atoms with Crippen LogP contribution in [0.5, 0.6) is 0 Å². The third-order valence-corrected chi connectivity index (χ3v) is 10.1. The predicted octanol–water partition coefficient (Wildman–Crippen LogP) is 13.4. The van der Waals surface area contributed by atoms with Crippen molar-refractivity contribution in [3.8, 4) is 16.8 Å². The number of hydrogen-bond donors (Lipinski definition) is 0. The van der Waals surface area contributed by atoms with E-state index in [2.05, 4.69) is 204 Å². The number of nitrogens with zero attached hydrogens (tertiary/aromatic N) is 2. The van der Waals surface area contributed by atoms with Gasteiger partial charge >= 0.3 is 0 Å². The lowest BCUT2D eigenvalue weighted by Gasteiger charge is -2.28. The summed E-state index contributed by atoms with van der Waals surface area (Å²) < 4.78 is 2.42. The Morgan fingerprint density at radius 3 is 1.62 bits per heavy atom. The molecule has 1 aromatic heterocycles. The zero-order valence-electron chi connectivity index (χ0n) is 27.4. The maximum Gasteiger partial charge on any atom is 0.0547 e. The summed E-state index contributed by atoms with van der Waals surface area (Å²) in [5.41, 5.74) is 9.39. The maximum absolute atomic E-state index is 2.44. The standard InChI is InChI=1S/C48H32N2/c1-2-21-38(22-3-1)49-46-29-13-26-42(48(46)43-31-35-16-4-5-17-36(35)32-47(43)49)37-20-10-23-39(30-37)50(44-27-11-18-33-14-6-8-24-40(33)44)45-28-12-19-34-15-7-9-25-41(34)45/h1-32H. The van der Waals surface area contributed by atoms with E-state index in [9.17, 15) is 0 Å². The number of aromatic nitrogens is 1. The molecule has 0 spiro atoms. The highest BCUT2D eigenvalue weighted by molar-refractivity contribution is 6.19. The Labute approximate surface area is 290 Å². The fourth-order valence-electron chi connectivity index (χ4n) is 7.88. The zero-order valence-corrected chi connectivity index (χ0v) is 27.4. The van der Waals surface area contributed by atoms with Crippen LogP contribution in [-0.4, -0.2) is 4.57 Å². The average Bonchev–Trinajstić information content (AvgIpc) is 3.51. The Bertz CT molecular complexity index is 2790. The zero-order chi connectivity index (χ0) is 33.0. The van der Waals surface area contributed by atoms with Crippen molar-refractivity contribution in [2.24, 2.45) is 0 Å². The SMILES string of the molecule is c1ccc(-n2c3cc4ccccc4cc3c3c(-c4cccc(N(c5cccc6ccccc56)c5cccc6ccccc56)c4)cccc32)cc1. The van der Waals surface area contributed by atoms with Gasteiger partial charge in [-0.3, -0.25) is 0 Å². The topological polar surface area (TPSA) is 8.17 Å². The van der Waals surface area contributed by atoms with Crippen molar-refractivity contribution in [2.75, 3.05) is 4.90 Å². The molecule has 0 N–H and O–H groups in total. The molecule has 0 radical (unpaired) electrons. The second-order valence-electron chi connectivity index (χ2n) is 13.0. The molecule has 0 aliphatic rings. The van der Waals surface area contributed by atoms with Crippen LogP contribution in [0.15, 0.2) is 194 Å². The normalized spacial score (nSPS) is 11.6. The summed E-state index contributed by atoms with van der Waals surface area (Å²) in [6.07, 6.45) is 0. The van der Waals surface area contributed by atoms with E-state index in [1.54, 1.807) is 0 Å². The molecular formula is C48H32N2. The van der Waals surface area contributed by atoms with Crippen LogP contribution in [0.1, 0.15) is 0 Å². The van der Waals surface area contributed by atoms with Crippen LogP contribution in [0.2, 0.25) is 0 Å². The monoisotopic (exact) mass is 636 g/mol. The lowest BCUT2D eigenvalue weighted by molar-refractivity contribution is 1.18. The molecule has 0 atom stereocenters. The van der Waals surface area contributed by atoms with E-state index in [4.69, 9.17) is 0 Å². The van der Waals surface area contributed by atoms with Crippen LogP contribution in [0.3, 0.4) is 0 Å². The first-order valence-electron chi connectivity index (χ1n) is 17.2. The van der Waals surface area contributed by atoms with E-state index >= 15 is 0 Å². The fraction of sp³-hybridized carbons (Fsp3) is 0. The van der Waals surface area contributed by atoms with Gasteiger partial charge in [0.25, 0.3) is 0 Å². The molecule has 10 rings (SSSR count). The third kappa shape index (κ3) is 4.50.